The predicted molar refractivity (Wildman–Crippen MR) is 118 cm³/mol. The number of nitro benzene ring substituents is 1. The Labute approximate surface area is 180 Å². The lowest BCUT2D eigenvalue weighted by atomic mass is 10.1. The van der Waals surface area contributed by atoms with Crippen LogP contribution in [0, 0.1) is 10.1 Å². The summed E-state index contributed by atoms with van der Waals surface area (Å²) in [5.74, 6) is -0.403. The molecule has 4 aromatic rings. The molecule has 0 fully saturated rings. The Morgan fingerprint density at radius 1 is 1.17 bits per heavy atom. The number of carbonyl (C=O) groups excluding carboxylic acids is 1. The van der Waals surface area contributed by atoms with E-state index in [-0.39, 0.29) is 17.0 Å². The maximum Gasteiger partial charge on any atom is 0.311 e. The predicted octanol–water partition coefficient (Wildman–Crippen LogP) is 5.79. The highest BCUT2D eigenvalue weighted by Crippen LogP contribution is 2.36. The summed E-state index contributed by atoms with van der Waals surface area (Å²) in [7, 11) is 1.33. The number of para-hydroxylation sites is 1. The van der Waals surface area contributed by atoms with Gasteiger partial charge in [0, 0.05) is 22.9 Å². The number of carbonyl (C=O) groups is 1. The fourth-order valence-corrected chi connectivity index (χ4v) is 4.19. The molecule has 0 unspecified atom stereocenters. The lowest BCUT2D eigenvalue weighted by Crippen LogP contribution is -2.12. The summed E-state index contributed by atoms with van der Waals surface area (Å²) in [5.41, 5.74) is 1.91. The second kappa shape index (κ2) is 8.10. The number of hydrogen-bond donors (Lipinski definition) is 1. The second-order valence-electron chi connectivity index (χ2n) is 6.28. The first-order valence-electron chi connectivity index (χ1n) is 8.75. The van der Waals surface area contributed by atoms with E-state index in [1.807, 2.05) is 24.3 Å². The molecule has 9 heteroatoms. The van der Waals surface area contributed by atoms with Gasteiger partial charge in [0.1, 0.15) is 5.01 Å². The van der Waals surface area contributed by atoms with Crippen LogP contribution < -0.4 is 10.1 Å². The minimum absolute atomic E-state index is 0.0844. The van der Waals surface area contributed by atoms with E-state index in [2.05, 4.69) is 10.3 Å². The van der Waals surface area contributed by atoms with Gasteiger partial charge in [0.15, 0.2) is 5.75 Å². The van der Waals surface area contributed by atoms with E-state index in [0.717, 1.165) is 15.2 Å². The molecule has 0 saturated carbocycles. The minimum atomic E-state index is -0.594. The van der Waals surface area contributed by atoms with E-state index in [1.54, 1.807) is 18.2 Å². The van der Waals surface area contributed by atoms with Gasteiger partial charge in [0.25, 0.3) is 5.91 Å². The number of rotatable bonds is 5. The van der Waals surface area contributed by atoms with Crippen LogP contribution in [-0.2, 0) is 0 Å². The molecule has 0 radical (unpaired) electrons. The lowest BCUT2D eigenvalue weighted by molar-refractivity contribution is -0.385. The first kappa shape index (κ1) is 19.8. The van der Waals surface area contributed by atoms with Crippen molar-refractivity contribution in [1.82, 2.24) is 4.98 Å². The molecule has 3 aromatic carbocycles. The largest absolute Gasteiger partial charge is 0.490 e. The standard InChI is InChI=1S/C21H14ClN3O4S/c1-29-18-9-6-12(10-17(18)25(27)28)20(26)23-13-7-8-15(22)14(11-13)21-24-16-4-2-3-5-19(16)30-21/h2-11H,1H3,(H,23,26). The number of benzene rings is 3. The van der Waals surface area contributed by atoms with Gasteiger partial charge in [-0.15, -0.1) is 11.3 Å². The second-order valence-corrected chi connectivity index (χ2v) is 7.72. The molecule has 7 nitrogen and oxygen atoms in total. The Morgan fingerprint density at radius 2 is 1.97 bits per heavy atom. The molecule has 1 heterocycles. The van der Waals surface area contributed by atoms with Gasteiger partial charge < -0.3 is 10.1 Å². The Kier molecular flexibility index (Phi) is 5.35. The van der Waals surface area contributed by atoms with Crippen LogP contribution in [0.5, 0.6) is 5.75 Å². The van der Waals surface area contributed by atoms with Crippen molar-refractivity contribution in [3.63, 3.8) is 0 Å². The number of hydrogen-bond acceptors (Lipinski definition) is 6. The SMILES string of the molecule is COc1ccc(C(=O)Nc2ccc(Cl)c(-c3nc4ccccc4s3)c2)cc1[N+](=O)[O-]. The Bertz CT molecular complexity index is 1260. The van der Waals surface area contributed by atoms with Crippen LogP contribution in [0.15, 0.2) is 60.7 Å². The van der Waals surface area contributed by atoms with Crippen LogP contribution in [0.3, 0.4) is 0 Å². The summed E-state index contributed by atoms with van der Waals surface area (Å²) in [6.07, 6.45) is 0. The summed E-state index contributed by atoms with van der Waals surface area (Å²) in [5, 5.41) is 15.2. The van der Waals surface area contributed by atoms with Gasteiger partial charge in [-0.2, -0.15) is 0 Å². The van der Waals surface area contributed by atoms with Crippen molar-refractivity contribution >= 4 is 50.4 Å². The summed E-state index contributed by atoms with van der Waals surface area (Å²) >= 11 is 7.87. The van der Waals surface area contributed by atoms with Gasteiger partial charge in [-0.3, -0.25) is 14.9 Å². The van der Waals surface area contributed by atoms with Crippen LogP contribution in [0.2, 0.25) is 5.02 Å². The summed E-state index contributed by atoms with van der Waals surface area (Å²) in [6.45, 7) is 0. The Morgan fingerprint density at radius 3 is 2.70 bits per heavy atom. The zero-order valence-electron chi connectivity index (χ0n) is 15.6. The summed E-state index contributed by atoms with van der Waals surface area (Å²) < 4.78 is 6.00. The van der Waals surface area contributed by atoms with Gasteiger partial charge in [-0.25, -0.2) is 4.98 Å². The monoisotopic (exact) mass is 439 g/mol. The number of fused-ring (bicyclic) bond motifs is 1. The fraction of sp³-hybridized carbons (Fsp3) is 0.0476. The molecule has 0 spiro atoms. The fourth-order valence-electron chi connectivity index (χ4n) is 2.93. The summed E-state index contributed by atoms with van der Waals surface area (Å²) in [6, 6.07) is 16.9. The molecule has 0 aliphatic heterocycles. The maximum absolute atomic E-state index is 12.6. The van der Waals surface area contributed by atoms with Crippen LogP contribution in [0.4, 0.5) is 11.4 Å². The quantitative estimate of drug-likeness (QED) is 0.314. The number of nitrogens with zero attached hydrogens (tertiary/aromatic N) is 2. The number of nitro groups is 1. The van der Waals surface area contributed by atoms with E-state index in [1.165, 1.54) is 36.6 Å². The van der Waals surface area contributed by atoms with Crippen LogP contribution in [-0.4, -0.2) is 22.9 Å². The van der Waals surface area contributed by atoms with Crippen molar-refractivity contribution < 1.29 is 14.5 Å². The van der Waals surface area contributed by atoms with Crippen molar-refractivity contribution in [1.29, 1.82) is 0 Å². The highest BCUT2D eigenvalue weighted by molar-refractivity contribution is 7.21. The Balaban J connectivity index is 1.64. The van der Waals surface area contributed by atoms with Crippen molar-refractivity contribution in [2.45, 2.75) is 0 Å². The van der Waals surface area contributed by atoms with E-state index in [9.17, 15) is 14.9 Å². The first-order valence-corrected chi connectivity index (χ1v) is 9.95. The third-order valence-electron chi connectivity index (χ3n) is 4.39. The molecule has 0 aliphatic rings. The van der Waals surface area contributed by atoms with Gasteiger partial charge in [0.2, 0.25) is 0 Å². The number of amides is 1. The number of ether oxygens (including phenoxy) is 1. The third-order valence-corrected chi connectivity index (χ3v) is 5.79. The van der Waals surface area contributed by atoms with Crippen molar-refractivity contribution in [2.75, 3.05) is 12.4 Å². The highest BCUT2D eigenvalue weighted by Gasteiger charge is 2.19. The molecule has 0 atom stereocenters. The molecular formula is C21H14ClN3O4S. The number of methoxy groups -OCH3 is 1. The topological polar surface area (TPSA) is 94.4 Å². The van der Waals surface area contributed by atoms with Crippen molar-refractivity contribution in [3.05, 3.63) is 81.4 Å². The Hall–Kier alpha value is -3.49. The molecule has 1 N–H and O–H groups in total. The van der Waals surface area contributed by atoms with E-state index in [0.29, 0.717) is 16.3 Å². The number of thiazole rings is 1. The van der Waals surface area contributed by atoms with Gasteiger partial charge >= 0.3 is 5.69 Å². The van der Waals surface area contributed by atoms with E-state index in [4.69, 9.17) is 16.3 Å². The van der Waals surface area contributed by atoms with Crippen molar-refractivity contribution in [2.24, 2.45) is 0 Å². The molecule has 4 rings (SSSR count). The van der Waals surface area contributed by atoms with Crippen LogP contribution in [0.1, 0.15) is 10.4 Å². The number of anilines is 1. The number of nitrogens with one attached hydrogen (secondary N) is 1. The normalized spacial score (nSPS) is 10.7. The average molecular weight is 440 g/mol. The van der Waals surface area contributed by atoms with Gasteiger partial charge in [-0.1, -0.05) is 23.7 Å². The number of aromatic nitrogens is 1. The highest BCUT2D eigenvalue weighted by atomic mass is 35.5. The first-order chi connectivity index (χ1) is 14.5. The molecule has 0 saturated heterocycles. The lowest BCUT2D eigenvalue weighted by Gasteiger charge is -2.09. The maximum atomic E-state index is 12.6. The van der Waals surface area contributed by atoms with E-state index < -0.39 is 10.8 Å². The average Bonchev–Trinajstić information content (AvgIpc) is 3.18. The molecular weight excluding hydrogens is 426 g/mol. The van der Waals surface area contributed by atoms with E-state index >= 15 is 0 Å². The van der Waals surface area contributed by atoms with Gasteiger partial charge in [-0.05, 0) is 42.5 Å². The zero-order chi connectivity index (χ0) is 21.3. The molecule has 0 bridgehead atoms. The summed E-state index contributed by atoms with van der Waals surface area (Å²) in [4.78, 5) is 27.9. The molecule has 0 aliphatic carbocycles. The number of halogens is 1. The van der Waals surface area contributed by atoms with Gasteiger partial charge in [0.05, 0.1) is 27.3 Å². The van der Waals surface area contributed by atoms with Crippen LogP contribution in [0.25, 0.3) is 20.8 Å². The molecule has 1 amide bonds. The van der Waals surface area contributed by atoms with Crippen molar-refractivity contribution in [3.8, 4) is 16.3 Å². The third kappa shape index (κ3) is 3.83. The molecule has 1 aromatic heterocycles. The molecule has 30 heavy (non-hydrogen) atoms. The minimum Gasteiger partial charge on any atom is -0.490 e. The smallest absolute Gasteiger partial charge is 0.311 e. The zero-order valence-corrected chi connectivity index (χ0v) is 17.2. The van der Waals surface area contributed by atoms with Crippen LogP contribution >= 0.6 is 22.9 Å². The molecule has 150 valence electrons.